The SMILES string of the molecule is CNC.O=S(=O)(O)CC(F)C(F)C(F)C(F)C(F)CCF. The molecule has 0 saturated heterocycles. The summed E-state index contributed by atoms with van der Waals surface area (Å²) in [4.78, 5) is 0. The minimum Gasteiger partial charge on any atom is -0.323 e. The zero-order valence-corrected chi connectivity index (χ0v) is 12.3. The van der Waals surface area contributed by atoms with Crippen LogP contribution in [-0.4, -0.2) is 70.4 Å². The van der Waals surface area contributed by atoms with E-state index in [0.29, 0.717) is 0 Å². The van der Waals surface area contributed by atoms with Gasteiger partial charge in [0.2, 0.25) is 0 Å². The van der Waals surface area contributed by atoms with Gasteiger partial charge in [0.25, 0.3) is 10.1 Å². The summed E-state index contributed by atoms with van der Waals surface area (Å²) >= 11 is 0. The van der Waals surface area contributed by atoms with Crippen LogP contribution in [0.2, 0.25) is 0 Å². The summed E-state index contributed by atoms with van der Waals surface area (Å²) in [5.74, 6) is -1.78. The van der Waals surface area contributed by atoms with Gasteiger partial charge in [-0.1, -0.05) is 0 Å². The number of hydrogen-bond donors (Lipinski definition) is 2. The van der Waals surface area contributed by atoms with Crippen molar-refractivity contribution in [1.29, 1.82) is 0 Å². The number of nitrogens with one attached hydrogen (secondary N) is 1. The zero-order valence-electron chi connectivity index (χ0n) is 11.4. The molecule has 4 nitrogen and oxygen atoms in total. The fraction of sp³-hybridized carbons (Fsp3) is 1.00. The molecule has 0 aliphatic rings. The third-order valence-electron chi connectivity index (χ3n) is 2.05. The van der Waals surface area contributed by atoms with E-state index in [2.05, 4.69) is 5.32 Å². The Kier molecular flexibility index (Phi) is 12.0. The number of halogens is 6. The van der Waals surface area contributed by atoms with Crippen LogP contribution in [-0.2, 0) is 10.1 Å². The lowest BCUT2D eigenvalue weighted by atomic mass is 10.0. The van der Waals surface area contributed by atoms with Gasteiger partial charge in [-0.15, -0.1) is 0 Å². The molecular formula is C10H19F6NO3S. The highest BCUT2D eigenvalue weighted by molar-refractivity contribution is 7.85. The van der Waals surface area contributed by atoms with E-state index in [1.807, 2.05) is 14.1 Å². The summed E-state index contributed by atoms with van der Waals surface area (Å²) in [5, 5.41) is 2.75. The van der Waals surface area contributed by atoms with Crippen molar-refractivity contribution in [2.24, 2.45) is 0 Å². The van der Waals surface area contributed by atoms with E-state index in [-0.39, 0.29) is 0 Å². The van der Waals surface area contributed by atoms with Crippen LogP contribution >= 0.6 is 0 Å². The average molecular weight is 347 g/mol. The summed E-state index contributed by atoms with van der Waals surface area (Å²) in [6.07, 6.45) is -16.4. The molecule has 11 heteroatoms. The average Bonchev–Trinajstić information content (AvgIpc) is 2.35. The second-order valence-electron chi connectivity index (χ2n) is 4.09. The molecule has 0 aromatic carbocycles. The maximum atomic E-state index is 13.0. The third kappa shape index (κ3) is 10.8. The summed E-state index contributed by atoms with van der Waals surface area (Å²) in [6.45, 7) is -1.31. The van der Waals surface area contributed by atoms with Crippen LogP contribution in [0.5, 0.6) is 0 Å². The fourth-order valence-corrected chi connectivity index (χ4v) is 1.72. The first-order valence-electron chi connectivity index (χ1n) is 5.81. The number of rotatable bonds is 8. The Labute approximate surface area is 119 Å². The second kappa shape index (κ2) is 11.1. The van der Waals surface area contributed by atoms with Crippen molar-refractivity contribution in [3.8, 4) is 0 Å². The van der Waals surface area contributed by atoms with Crippen LogP contribution in [0.15, 0.2) is 0 Å². The van der Waals surface area contributed by atoms with Crippen molar-refractivity contribution < 1.29 is 39.3 Å². The van der Waals surface area contributed by atoms with E-state index in [1.165, 1.54) is 0 Å². The summed E-state index contributed by atoms with van der Waals surface area (Å²) in [5.41, 5.74) is 0. The van der Waals surface area contributed by atoms with E-state index < -0.39 is 59.8 Å². The van der Waals surface area contributed by atoms with E-state index in [4.69, 9.17) is 4.55 Å². The maximum Gasteiger partial charge on any atom is 0.267 e. The normalized spacial score (nSPS) is 18.9. The molecule has 5 atom stereocenters. The zero-order chi connectivity index (χ0) is 17.2. The predicted octanol–water partition coefficient (Wildman–Crippen LogP) is 1.76. The first-order chi connectivity index (χ1) is 9.51. The van der Waals surface area contributed by atoms with Crippen LogP contribution in [0, 0.1) is 0 Å². The highest BCUT2D eigenvalue weighted by Gasteiger charge is 2.41. The van der Waals surface area contributed by atoms with Gasteiger partial charge < -0.3 is 5.32 Å². The summed E-state index contributed by atoms with van der Waals surface area (Å²) < 4.78 is 105. The van der Waals surface area contributed by atoms with Gasteiger partial charge in [-0.2, -0.15) is 8.42 Å². The molecule has 0 saturated carbocycles. The fourth-order valence-electron chi connectivity index (χ4n) is 1.13. The van der Waals surface area contributed by atoms with Crippen LogP contribution in [0.1, 0.15) is 6.42 Å². The molecule has 0 aromatic heterocycles. The lowest BCUT2D eigenvalue weighted by molar-refractivity contribution is 0.00269. The lowest BCUT2D eigenvalue weighted by Gasteiger charge is -2.21. The van der Waals surface area contributed by atoms with Crippen molar-refractivity contribution in [1.82, 2.24) is 5.32 Å². The molecular weight excluding hydrogens is 328 g/mol. The van der Waals surface area contributed by atoms with Crippen LogP contribution in [0.3, 0.4) is 0 Å². The van der Waals surface area contributed by atoms with Gasteiger partial charge in [0.05, 0.1) is 6.67 Å². The van der Waals surface area contributed by atoms with Crippen molar-refractivity contribution in [2.45, 2.75) is 37.3 Å². The van der Waals surface area contributed by atoms with Crippen LogP contribution < -0.4 is 5.32 Å². The Balaban J connectivity index is 0. The van der Waals surface area contributed by atoms with Crippen LogP contribution in [0.4, 0.5) is 26.3 Å². The Morgan fingerprint density at radius 1 is 0.952 bits per heavy atom. The molecule has 5 unspecified atom stereocenters. The molecule has 2 N–H and O–H groups in total. The molecule has 0 bridgehead atoms. The highest BCUT2D eigenvalue weighted by Crippen LogP contribution is 2.23. The van der Waals surface area contributed by atoms with Gasteiger partial charge in [-0.25, -0.2) is 22.0 Å². The first-order valence-corrected chi connectivity index (χ1v) is 7.42. The Hall–Kier alpha value is -0.550. The summed E-state index contributed by atoms with van der Waals surface area (Å²) in [7, 11) is -1.17. The van der Waals surface area contributed by atoms with Crippen molar-refractivity contribution in [2.75, 3.05) is 26.5 Å². The molecule has 0 rings (SSSR count). The molecule has 0 spiro atoms. The molecule has 0 aliphatic carbocycles. The largest absolute Gasteiger partial charge is 0.323 e. The molecule has 130 valence electrons. The van der Waals surface area contributed by atoms with Gasteiger partial charge in [0, 0.05) is 6.42 Å². The van der Waals surface area contributed by atoms with Gasteiger partial charge in [0.1, 0.15) is 11.9 Å². The van der Waals surface area contributed by atoms with Gasteiger partial charge in [0.15, 0.2) is 24.7 Å². The molecule has 0 amide bonds. The Morgan fingerprint density at radius 2 is 1.33 bits per heavy atom. The highest BCUT2D eigenvalue weighted by atomic mass is 32.2. The molecule has 21 heavy (non-hydrogen) atoms. The van der Waals surface area contributed by atoms with Gasteiger partial charge in [-0.3, -0.25) is 8.94 Å². The summed E-state index contributed by atoms with van der Waals surface area (Å²) in [6, 6.07) is 0. The van der Waals surface area contributed by atoms with Gasteiger partial charge in [-0.05, 0) is 14.1 Å². The lowest BCUT2D eigenvalue weighted by Crippen LogP contribution is -2.42. The minimum atomic E-state index is -4.92. The standard InChI is InChI=1S/C8H12F6O3S.C2H7N/c9-2-1-4(10)6(12)8(14)7(13)5(11)3-18(15,16)17;1-3-2/h4-8H,1-3H2,(H,15,16,17);3H,1-2H3. The van der Waals surface area contributed by atoms with Crippen molar-refractivity contribution in [3.05, 3.63) is 0 Å². The molecule has 0 heterocycles. The van der Waals surface area contributed by atoms with E-state index >= 15 is 0 Å². The van der Waals surface area contributed by atoms with Crippen LogP contribution in [0.25, 0.3) is 0 Å². The molecule has 0 aromatic rings. The quantitative estimate of drug-likeness (QED) is 0.519. The smallest absolute Gasteiger partial charge is 0.267 e. The topological polar surface area (TPSA) is 66.4 Å². The third-order valence-corrected chi connectivity index (χ3v) is 2.79. The Morgan fingerprint density at radius 3 is 1.67 bits per heavy atom. The minimum absolute atomic E-state index is 1.02. The van der Waals surface area contributed by atoms with Gasteiger partial charge >= 0.3 is 0 Å². The monoisotopic (exact) mass is 347 g/mol. The predicted molar refractivity (Wildman–Crippen MR) is 66.5 cm³/mol. The molecule has 0 aliphatic heterocycles. The second-order valence-corrected chi connectivity index (χ2v) is 5.59. The first kappa shape index (κ1) is 22.7. The molecule has 0 radical (unpaired) electrons. The maximum absolute atomic E-state index is 13.0. The number of hydrogen-bond acceptors (Lipinski definition) is 3. The molecule has 0 fully saturated rings. The van der Waals surface area contributed by atoms with E-state index in [1.54, 1.807) is 0 Å². The Bertz CT molecular complexity index is 359. The van der Waals surface area contributed by atoms with Crippen molar-refractivity contribution >= 4 is 10.1 Å². The number of alkyl halides is 6. The van der Waals surface area contributed by atoms with Crippen molar-refractivity contribution in [3.63, 3.8) is 0 Å². The van der Waals surface area contributed by atoms with E-state index in [9.17, 15) is 34.8 Å². The van der Waals surface area contributed by atoms with E-state index in [0.717, 1.165) is 0 Å².